The molecule has 0 aliphatic carbocycles. The molecule has 0 rings (SSSR count). The van der Waals surface area contributed by atoms with E-state index in [2.05, 4.69) is 5.32 Å². The van der Waals surface area contributed by atoms with E-state index in [9.17, 15) is 9.59 Å². The number of carbonyl (C=O) groups excluding carboxylic acids is 2. The van der Waals surface area contributed by atoms with Gasteiger partial charge in [-0.15, -0.1) is 0 Å². The second-order valence-electron chi connectivity index (χ2n) is 4.96. The number of nitrogens with zero attached hydrogens (tertiary/aromatic N) is 1. The summed E-state index contributed by atoms with van der Waals surface area (Å²) in [4.78, 5) is 25.3. The zero-order valence-corrected chi connectivity index (χ0v) is 11.3. The number of hydrogen-bond acceptors (Lipinski definition) is 2. The Morgan fingerprint density at radius 2 is 1.62 bits per heavy atom. The van der Waals surface area contributed by atoms with E-state index in [0.29, 0.717) is 13.1 Å². The normalized spacial score (nSPS) is 13.1. The van der Waals surface area contributed by atoms with Crippen LogP contribution in [0.3, 0.4) is 0 Å². The lowest BCUT2D eigenvalue weighted by molar-refractivity contribution is -0.137. The summed E-state index contributed by atoms with van der Waals surface area (Å²) in [6, 6.07) is -0.452. The first kappa shape index (κ1) is 14.9. The van der Waals surface area contributed by atoms with Crippen LogP contribution in [0.25, 0.3) is 0 Å². The fourth-order valence-electron chi connectivity index (χ4n) is 1.28. The topological polar surface area (TPSA) is 49.4 Å². The van der Waals surface area contributed by atoms with Gasteiger partial charge in [0, 0.05) is 18.5 Å². The van der Waals surface area contributed by atoms with Crippen LogP contribution >= 0.6 is 0 Å². The largest absolute Gasteiger partial charge is 0.344 e. The minimum Gasteiger partial charge on any atom is -0.344 e. The van der Waals surface area contributed by atoms with Gasteiger partial charge in [-0.05, 0) is 20.8 Å². The van der Waals surface area contributed by atoms with E-state index in [-0.39, 0.29) is 11.8 Å². The second kappa shape index (κ2) is 5.87. The fourth-order valence-corrected chi connectivity index (χ4v) is 1.28. The van der Waals surface area contributed by atoms with Crippen molar-refractivity contribution >= 4 is 11.8 Å². The van der Waals surface area contributed by atoms with Gasteiger partial charge in [0.15, 0.2) is 0 Å². The molecule has 0 bridgehead atoms. The third-order valence-corrected chi connectivity index (χ3v) is 2.47. The lowest BCUT2D eigenvalue weighted by atomic mass is 9.95. The highest BCUT2D eigenvalue weighted by atomic mass is 16.2. The van der Waals surface area contributed by atoms with Crippen LogP contribution in [0.15, 0.2) is 0 Å². The van der Waals surface area contributed by atoms with Crippen molar-refractivity contribution in [3.05, 3.63) is 0 Å². The molecule has 0 saturated carbocycles. The average Bonchev–Trinajstić information content (AvgIpc) is 2.17. The van der Waals surface area contributed by atoms with Gasteiger partial charge in [0.25, 0.3) is 0 Å². The van der Waals surface area contributed by atoms with Crippen molar-refractivity contribution in [2.24, 2.45) is 5.41 Å². The Hall–Kier alpha value is -1.06. The lowest BCUT2D eigenvalue weighted by Crippen LogP contribution is -2.49. The van der Waals surface area contributed by atoms with Crippen LogP contribution in [0.2, 0.25) is 0 Å². The number of nitrogens with one attached hydrogen (secondary N) is 1. The van der Waals surface area contributed by atoms with E-state index < -0.39 is 11.5 Å². The van der Waals surface area contributed by atoms with Gasteiger partial charge in [-0.2, -0.15) is 0 Å². The SMILES string of the molecule is CCN(CC)C(=O)C(C)NC(=O)C(C)(C)C. The smallest absolute Gasteiger partial charge is 0.244 e. The first-order valence-corrected chi connectivity index (χ1v) is 5.83. The van der Waals surface area contributed by atoms with Gasteiger partial charge >= 0.3 is 0 Å². The average molecular weight is 228 g/mol. The summed E-state index contributed by atoms with van der Waals surface area (Å²) < 4.78 is 0. The Morgan fingerprint density at radius 3 is 1.94 bits per heavy atom. The Balaban J connectivity index is 4.42. The van der Waals surface area contributed by atoms with Crippen molar-refractivity contribution < 1.29 is 9.59 Å². The molecule has 0 aromatic heterocycles. The molecule has 0 radical (unpaired) electrons. The molecule has 0 saturated heterocycles. The van der Waals surface area contributed by atoms with Crippen molar-refractivity contribution in [3.8, 4) is 0 Å². The Bertz CT molecular complexity index is 252. The van der Waals surface area contributed by atoms with Crippen molar-refractivity contribution in [3.63, 3.8) is 0 Å². The van der Waals surface area contributed by atoms with Gasteiger partial charge in [-0.1, -0.05) is 20.8 Å². The molecule has 0 aliphatic rings. The summed E-state index contributed by atoms with van der Waals surface area (Å²) >= 11 is 0. The van der Waals surface area contributed by atoms with Crippen molar-refractivity contribution in [2.75, 3.05) is 13.1 Å². The lowest BCUT2D eigenvalue weighted by Gasteiger charge is -2.26. The molecule has 0 fully saturated rings. The van der Waals surface area contributed by atoms with E-state index in [4.69, 9.17) is 0 Å². The monoisotopic (exact) mass is 228 g/mol. The van der Waals surface area contributed by atoms with E-state index in [1.165, 1.54) is 0 Å². The highest BCUT2D eigenvalue weighted by Crippen LogP contribution is 2.13. The third kappa shape index (κ3) is 4.21. The second-order valence-corrected chi connectivity index (χ2v) is 4.96. The summed E-state index contributed by atoms with van der Waals surface area (Å²) in [7, 11) is 0. The molecule has 0 aliphatic heterocycles. The number of carbonyl (C=O) groups is 2. The summed E-state index contributed by atoms with van der Waals surface area (Å²) in [6.07, 6.45) is 0. The van der Waals surface area contributed by atoms with Crippen LogP contribution in [0.4, 0.5) is 0 Å². The number of hydrogen-bond donors (Lipinski definition) is 1. The number of rotatable bonds is 4. The fraction of sp³-hybridized carbons (Fsp3) is 0.833. The van der Waals surface area contributed by atoms with Crippen LogP contribution < -0.4 is 5.32 Å². The Kier molecular flexibility index (Phi) is 5.48. The molecule has 16 heavy (non-hydrogen) atoms. The molecule has 94 valence electrons. The maximum absolute atomic E-state index is 11.9. The van der Waals surface area contributed by atoms with Gasteiger partial charge < -0.3 is 10.2 Å². The molecule has 0 heterocycles. The molecule has 0 aromatic carbocycles. The van der Waals surface area contributed by atoms with Crippen molar-refractivity contribution in [2.45, 2.75) is 47.6 Å². The summed E-state index contributed by atoms with van der Waals surface area (Å²) in [6.45, 7) is 12.4. The molecule has 1 unspecified atom stereocenters. The molecule has 1 N–H and O–H groups in total. The van der Waals surface area contributed by atoms with Crippen LogP contribution in [0.5, 0.6) is 0 Å². The van der Waals surface area contributed by atoms with E-state index in [1.54, 1.807) is 11.8 Å². The first-order chi connectivity index (χ1) is 7.23. The first-order valence-electron chi connectivity index (χ1n) is 5.83. The quantitative estimate of drug-likeness (QED) is 0.791. The molecule has 0 aromatic rings. The van der Waals surface area contributed by atoms with E-state index >= 15 is 0 Å². The standard InChI is InChI=1S/C12H24N2O2/c1-7-14(8-2)10(15)9(3)13-11(16)12(4,5)6/h9H,7-8H2,1-6H3,(H,13,16). The zero-order chi connectivity index (χ0) is 12.9. The molecule has 2 amide bonds. The molecular weight excluding hydrogens is 204 g/mol. The summed E-state index contributed by atoms with van der Waals surface area (Å²) in [5.41, 5.74) is -0.461. The molecule has 1 atom stereocenters. The maximum atomic E-state index is 11.9. The minimum absolute atomic E-state index is 0.0254. The molecule has 4 heteroatoms. The van der Waals surface area contributed by atoms with Gasteiger partial charge in [-0.25, -0.2) is 0 Å². The van der Waals surface area contributed by atoms with Gasteiger partial charge in [0.1, 0.15) is 6.04 Å². The van der Waals surface area contributed by atoms with Gasteiger partial charge in [-0.3, -0.25) is 9.59 Å². The highest BCUT2D eigenvalue weighted by Gasteiger charge is 2.26. The number of amides is 2. The molecular formula is C12H24N2O2. The Labute approximate surface area is 98.4 Å². The molecule has 0 spiro atoms. The third-order valence-electron chi connectivity index (χ3n) is 2.47. The van der Waals surface area contributed by atoms with Crippen LogP contribution in [0, 0.1) is 5.41 Å². The van der Waals surface area contributed by atoms with Crippen LogP contribution in [0.1, 0.15) is 41.5 Å². The van der Waals surface area contributed by atoms with Crippen molar-refractivity contribution in [1.82, 2.24) is 10.2 Å². The predicted molar refractivity (Wildman–Crippen MR) is 65.0 cm³/mol. The zero-order valence-electron chi connectivity index (χ0n) is 11.3. The number of likely N-dealkylation sites (N-methyl/N-ethyl adjacent to an activating group) is 1. The van der Waals surface area contributed by atoms with Gasteiger partial charge in [0.05, 0.1) is 0 Å². The van der Waals surface area contributed by atoms with Crippen LogP contribution in [-0.2, 0) is 9.59 Å². The van der Waals surface area contributed by atoms with E-state index in [0.717, 1.165) is 0 Å². The van der Waals surface area contributed by atoms with E-state index in [1.807, 2.05) is 34.6 Å². The molecule has 4 nitrogen and oxygen atoms in total. The maximum Gasteiger partial charge on any atom is 0.244 e. The van der Waals surface area contributed by atoms with Crippen LogP contribution in [-0.4, -0.2) is 35.8 Å². The predicted octanol–water partition coefficient (Wildman–Crippen LogP) is 1.41. The Morgan fingerprint density at radius 1 is 1.19 bits per heavy atom. The summed E-state index contributed by atoms with van der Waals surface area (Å²) in [5.74, 6) is -0.122. The van der Waals surface area contributed by atoms with Gasteiger partial charge in [0.2, 0.25) is 11.8 Å². The highest BCUT2D eigenvalue weighted by molar-refractivity contribution is 5.89. The minimum atomic E-state index is -0.461. The van der Waals surface area contributed by atoms with Crippen molar-refractivity contribution in [1.29, 1.82) is 0 Å². The summed E-state index contributed by atoms with van der Waals surface area (Å²) in [5, 5.41) is 2.74.